The molecule has 1 fully saturated rings. The van der Waals surface area contributed by atoms with Crippen molar-refractivity contribution in [2.24, 2.45) is 0 Å². The van der Waals surface area contributed by atoms with E-state index in [2.05, 4.69) is 5.32 Å². The summed E-state index contributed by atoms with van der Waals surface area (Å²) in [5.74, 6) is -0.478. The Morgan fingerprint density at radius 1 is 0.897 bits per heavy atom. The number of nitrogens with zero attached hydrogens (tertiary/aromatic N) is 1. The Kier molecular flexibility index (Phi) is 5.54. The van der Waals surface area contributed by atoms with E-state index in [0.717, 1.165) is 4.90 Å². The normalized spacial score (nSPS) is 15.4. The molecule has 8 nitrogen and oxygen atoms in total. The van der Waals surface area contributed by atoms with Crippen molar-refractivity contribution in [3.8, 4) is 17.2 Å². The van der Waals surface area contributed by atoms with Crippen molar-refractivity contribution in [2.45, 2.75) is 6.92 Å². The first-order valence-electron chi connectivity index (χ1n) is 8.69. The van der Waals surface area contributed by atoms with Crippen LogP contribution in [0.4, 0.5) is 10.5 Å². The van der Waals surface area contributed by atoms with Crippen LogP contribution in [0.5, 0.6) is 17.2 Å². The Morgan fingerprint density at radius 2 is 1.59 bits per heavy atom. The summed E-state index contributed by atoms with van der Waals surface area (Å²) >= 11 is 0. The lowest BCUT2D eigenvalue weighted by molar-refractivity contribution is -0.122. The van der Waals surface area contributed by atoms with Crippen molar-refractivity contribution >= 4 is 29.6 Å². The highest BCUT2D eigenvalue weighted by Crippen LogP contribution is 2.40. The van der Waals surface area contributed by atoms with E-state index in [1.807, 2.05) is 0 Å². The van der Waals surface area contributed by atoms with Gasteiger partial charge in [0.2, 0.25) is 5.75 Å². The minimum atomic E-state index is -0.800. The van der Waals surface area contributed by atoms with Crippen LogP contribution in [-0.4, -0.2) is 39.2 Å². The maximum atomic E-state index is 13.1. The van der Waals surface area contributed by atoms with E-state index in [4.69, 9.17) is 14.2 Å². The maximum absolute atomic E-state index is 13.1. The van der Waals surface area contributed by atoms with Crippen molar-refractivity contribution < 1.29 is 28.6 Å². The van der Waals surface area contributed by atoms with Crippen LogP contribution in [0.25, 0.3) is 6.08 Å². The molecule has 2 aromatic carbocycles. The minimum Gasteiger partial charge on any atom is -0.493 e. The molecular weight excluding hydrogens is 376 g/mol. The lowest BCUT2D eigenvalue weighted by atomic mass is 10.0. The third-order valence-electron chi connectivity index (χ3n) is 4.49. The number of methoxy groups -OCH3 is 3. The number of carbonyl (C=O) groups excluding carboxylic acids is 3. The zero-order valence-electron chi connectivity index (χ0n) is 16.4. The molecule has 0 atom stereocenters. The van der Waals surface area contributed by atoms with Crippen LogP contribution in [0.15, 0.2) is 42.0 Å². The Hall–Kier alpha value is -3.81. The molecule has 3 rings (SSSR count). The van der Waals surface area contributed by atoms with Gasteiger partial charge in [0.15, 0.2) is 11.5 Å². The highest BCUT2D eigenvalue weighted by Gasteiger charge is 2.37. The number of benzene rings is 2. The molecule has 1 heterocycles. The molecule has 0 saturated carbocycles. The van der Waals surface area contributed by atoms with E-state index in [1.165, 1.54) is 27.4 Å². The van der Waals surface area contributed by atoms with Gasteiger partial charge in [-0.1, -0.05) is 18.2 Å². The number of para-hydroxylation sites is 1. The molecule has 1 aliphatic heterocycles. The molecule has 0 bridgehead atoms. The van der Waals surface area contributed by atoms with Crippen LogP contribution in [0, 0.1) is 6.92 Å². The van der Waals surface area contributed by atoms with Crippen molar-refractivity contribution in [3.63, 3.8) is 0 Å². The zero-order chi connectivity index (χ0) is 21.1. The van der Waals surface area contributed by atoms with Gasteiger partial charge in [-0.3, -0.25) is 14.9 Å². The van der Waals surface area contributed by atoms with E-state index >= 15 is 0 Å². The largest absolute Gasteiger partial charge is 0.493 e. The molecule has 1 N–H and O–H groups in total. The molecule has 150 valence electrons. The van der Waals surface area contributed by atoms with Gasteiger partial charge in [0.1, 0.15) is 5.57 Å². The van der Waals surface area contributed by atoms with Crippen LogP contribution < -0.4 is 24.4 Å². The summed E-state index contributed by atoms with van der Waals surface area (Å²) in [6, 6.07) is 9.36. The molecule has 2 aromatic rings. The number of rotatable bonds is 5. The molecule has 29 heavy (non-hydrogen) atoms. The number of imide groups is 2. The first-order valence-corrected chi connectivity index (χ1v) is 8.69. The Balaban J connectivity index is 2.12. The van der Waals surface area contributed by atoms with Gasteiger partial charge in [0.05, 0.1) is 27.0 Å². The predicted molar refractivity (Wildman–Crippen MR) is 106 cm³/mol. The molecule has 0 spiro atoms. The van der Waals surface area contributed by atoms with Gasteiger partial charge in [-0.2, -0.15) is 0 Å². The first kappa shape index (κ1) is 19.9. The summed E-state index contributed by atoms with van der Waals surface area (Å²) in [6.07, 6.45) is 1.36. The number of hydrogen-bond acceptors (Lipinski definition) is 6. The molecule has 0 radical (unpaired) electrons. The van der Waals surface area contributed by atoms with Crippen molar-refractivity contribution in [1.29, 1.82) is 0 Å². The van der Waals surface area contributed by atoms with Gasteiger partial charge in [-0.15, -0.1) is 0 Å². The molecule has 1 aliphatic rings. The number of carbonyl (C=O) groups is 3. The van der Waals surface area contributed by atoms with Crippen LogP contribution in [0.2, 0.25) is 0 Å². The smallest absolute Gasteiger partial charge is 0.335 e. The van der Waals surface area contributed by atoms with Crippen molar-refractivity contribution in [3.05, 3.63) is 53.1 Å². The molecule has 0 aromatic heterocycles. The van der Waals surface area contributed by atoms with Gasteiger partial charge in [-0.25, -0.2) is 9.69 Å². The topological polar surface area (TPSA) is 94.2 Å². The Labute approximate surface area is 167 Å². The average molecular weight is 396 g/mol. The van der Waals surface area contributed by atoms with E-state index in [-0.39, 0.29) is 5.57 Å². The fraction of sp³-hybridized carbons (Fsp3) is 0.190. The summed E-state index contributed by atoms with van der Waals surface area (Å²) in [7, 11) is 4.37. The lowest BCUT2D eigenvalue weighted by Gasteiger charge is -2.27. The van der Waals surface area contributed by atoms with Gasteiger partial charge in [0.25, 0.3) is 11.8 Å². The number of barbiturate groups is 1. The van der Waals surface area contributed by atoms with Crippen LogP contribution in [0.1, 0.15) is 11.1 Å². The van der Waals surface area contributed by atoms with E-state index in [9.17, 15) is 14.4 Å². The summed E-state index contributed by atoms with van der Waals surface area (Å²) in [5, 5.41) is 2.21. The summed E-state index contributed by atoms with van der Waals surface area (Å²) in [5.41, 5.74) is 1.32. The summed E-state index contributed by atoms with van der Waals surface area (Å²) in [4.78, 5) is 38.8. The molecule has 0 unspecified atom stereocenters. The Bertz CT molecular complexity index is 1030. The fourth-order valence-electron chi connectivity index (χ4n) is 3.08. The maximum Gasteiger partial charge on any atom is 0.335 e. The van der Waals surface area contributed by atoms with Crippen LogP contribution in [0.3, 0.4) is 0 Å². The van der Waals surface area contributed by atoms with Crippen LogP contribution in [-0.2, 0) is 9.59 Å². The van der Waals surface area contributed by atoms with E-state index in [0.29, 0.717) is 34.1 Å². The van der Waals surface area contributed by atoms with Gasteiger partial charge in [0, 0.05) is 5.56 Å². The summed E-state index contributed by atoms with van der Waals surface area (Å²) < 4.78 is 16.0. The average Bonchev–Trinajstić information content (AvgIpc) is 2.71. The lowest BCUT2D eigenvalue weighted by Crippen LogP contribution is -2.54. The fourth-order valence-corrected chi connectivity index (χ4v) is 3.08. The second kappa shape index (κ2) is 8.05. The number of hydrogen-bond donors (Lipinski definition) is 1. The number of aryl methyl sites for hydroxylation is 1. The number of urea groups is 1. The van der Waals surface area contributed by atoms with Crippen molar-refractivity contribution in [2.75, 3.05) is 26.2 Å². The highest BCUT2D eigenvalue weighted by molar-refractivity contribution is 6.39. The van der Waals surface area contributed by atoms with Gasteiger partial charge < -0.3 is 14.2 Å². The monoisotopic (exact) mass is 396 g/mol. The Morgan fingerprint density at radius 3 is 2.21 bits per heavy atom. The van der Waals surface area contributed by atoms with E-state index < -0.39 is 17.8 Å². The quantitative estimate of drug-likeness (QED) is 0.617. The first-order chi connectivity index (χ1) is 13.9. The molecule has 0 aliphatic carbocycles. The molecule has 8 heteroatoms. The highest BCUT2D eigenvalue weighted by atomic mass is 16.5. The SMILES string of the molecule is COc1ccc(C=C2C(=O)NC(=O)N(c3ccccc3C)C2=O)c(OC)c1OC. The second-order valence-corrected chi connectivity index (χ2v) is 6.17. The molecule has 4 amide bonds. The predicted octanol–water partition coefficient (Wildman–Crippen LogP) is 2.69. The number of ether oxygens (including phenoxy) is 3. The van der Waals surface area contributed by atoms with Gasteiger partial charge in [-0.05, 0) is 36.8 Å². The van der Waals surface area contributed by atoms with Crippen molar-refractivity contribution in [1.82, 2.24) is 5.32 Å². The summed E-state index contributed by atoms with van der Waals surface area (Å²) in [6.45, 7) is 1.77. The third-order valence-corrected chi connectivity index (χ3v) is 4.49. The third kappa shape index (κ3) is 3.52. The number of nitrogens with one attached hydrogen (secondary N) is 1. The van der Waals surface area contributed by atoms with E-state index in [1.54, 1.807) is 43.3 Å². The second-order valence-electron chi connectivity index (χ2n) is 6.17. The van der Waals surface area contributed by atoms with Crippen LogP contribution >= 0.6 is 0 Å². The number of amides is 4. The minimum absolute atomic E-state index is 0.210. The standard InChI is InChI=1S/C21H20N2O6/c1-12-7-5-6-8-15(12)23-20(25)14(19(24)22-21(23)26)11-13-9-10-16(27-2)18(29-4)17(13)28-3/h5-11H,1-4H3,(H,22,24,26). The molecule has 1 saturated heterocycles. The zero-order valence-corrected chi connectivity index (χ0v) is 16.4. The molecular formula is C21H20N2O6. The number of anilines is 1. The van der Waals surface area contributed by atoms with Gasteiger partial charge >= 0.3 is 6.03 Å².